The van der Waals surface area contributed by atoms with Gasteiger partial charge in [0, 0.05) is 16.9 Å². The zero-order valence-corrected chi connectivity index (χ0v) is 21.1. The summed E-state index contributed by atoms with van der Waals surface area (Å²) in [5.41, 5.74) is 0.595. The molecule has 0 saturated heterocycles. The lowest BCUT2D eigenvalue weighted by Crippen LogP contribution is -2.31. The number of carbonyl (C=O) groups is 1. The first-order valence-corrected chi connectivity index (χ1v) is 13.4. The van der Waals surface area contributed by atoms with Crippen LogP contribution in [-0.4, -0.2) is 20.9 Å². The lowest BCUT2D eigenvalue weighted by Gasteiger charge is -2.24. The highest BCUT2D eigenvalue weighted by Crippen LogP contribution is 2.33. The number of carbonyl (C=O) groups excluding carboxylic acids is 1. The van der Waals surface area contributed by atoms with Crippen LogP contribution < -0.4 is 9.62 Å². The summed E-state index contributed by atoms with van der Waals surface area (Å²) in [4.78, 5) is 13.2. The number of thiophene rings is 1. The van der Waals surface area contributed by atoms with Gasteiger partial charge in [-0.1, -0.05) is 30.7 Å². The predicted octanol–water partition coefficient (Wildman–Crippen LogP) is 7.09. The average Bonchev–Trinajstić information content (AvgIpc) is 3.26. The van der Waals surface area contributed by atoms with Crippen molar-refractivity contribution < 1.29 is 26.4 Å². The molecule has 0 fully saturated rings. The Morgan fingerprint density at radius 1 is 1.00 bits per heavy atom. The third-order valence-electron chi connectivity index (χ3n) is 5.50. The molecule has 0 spiro atoms. The van der Waals surface area contributed by atoms with Crippen molar-refractivity contribution in [3.8, 4) is 0 Å². The summed E-state index contributed by atoms with van der Waals surface area (Å²) >= 11 is 1.17. The van der Waals surface area contributed by atoms with Gasteiger partial charge in [-0.05, 0) is 73.3 Å². The van der Waals surface area contributed by atoms with E-state index in [-0.39, 0.29) is 17.1 Å². The van der Waals surface area contributed by atoms with E-state index in [4.69, 9.17) is 0 Å². The highest BCUT2D eigenvalue weighted by atomic mass is 32.2. The number of alkyl halides is 3. The molecule has 0 atom stereocenters. The molecule has 4 rings (SSSR count). The fourth-order valence-electron chi connectivity index (χ4n) is 3.69. The minimum Gasteiger partial charge on any atom is -0.321 e. The normalized spacial score (nSPS) is 12.0. The lowest BCUT2D eigenvalue weighted by atomic mass is 10.2. The molecule has 0 saturated carbocycles. The molecular weight excluding hydrogens is 509 g/mol. The number of fused-ring (bicyclic) bond motifs is 1. The third-order valence-corrected chi connectivity index (χ3v) is 8.45. The van der Waals surface area contributed by atoms with Gasteiger partial charge in [-0.15, -0.1) is 11.3 Å². The minimum atomic E-state index is -4.52. The molecule has 0 aliphatic carbocycles. The number of hydrogen-bond donors (Lipinski definition) is 1. The van der Waals surface area contributed by atoms with E-state index in [2.05, 4.69) is 5.32 Å². The number of hydrogen-bond acceptors (Lipinski definition) is 4. The highest BCUT2D eigenvalue weighted by molar-refractivity contribution is 7.92. The second-order valence-corrected chi connectivity index (χ2v) is 11.2. The molecule has 4 aromatic rings. The maximum atomic E-state index is 13.4. The van der Waals surface area contributed by atoms with Gasteiger partial charge in [0.2, 0.25) is 0 Å². The number of aryl methyl sites for hydroxylation is 1. The van der Waals surface area contributed by atoms with Crippen molar-refractivity contribution in [3.63, 3.8) is 0 Å². The molecule has 1 aromatic heterocycles. The Morgan fingerprint density at radius 3 is 2.39 bits per heavy atom. The van der Waals surface area contributed by atoms with Crippen LogP contribution in [0.1, 0.15) is 34.1 Å². The van der Waals surface area contributed by atoms with Gasteiger partial charge < -0.3 is 5.32 Å². The first-order chi connectivity index (χ1) is 17.0. The van der Waals surface area contributed by atoms with Gasteiger partial charge in [-0.25, -0.2) is 8.42 Å². The second-order valence-electron chi connectivity index (χ2n) is 8.26. The average molecular weight is 533 g/mol. The van der Waals surface area contributed by atoms with Gasteiger partial charge in [0.15, 0.2) is 0 Å². The van der Waals surface area contributed by atoms with Crippen LogP contribution in [0.3, 0.4) is 0 Å². The third kappa shape index (κ3) is 5.39. The minimum absolute atomic E-state index is 0.0336. The zero-order valence-electron chi connectivity index (χ0n) is 19.5. The smallest absolute Gasteiger partial charge is 0.321 e. The number of halogens is 3. The van der Waals surface area contributed by atoms with Crippen molar-refractivity contribution in [1.29, 1.82) is 0 Å². The molecule has 0 aliphatic heterocycles. The topological polar surface area (TPSA) is 66.5 Å². The van der Waals surface area contributed by atoms with E-state index in [1.807, 2.05) is 13.8 Å². The van der Waals surface area contributed by atoms with Gasteiger partial charge >= 0.3 is 6.18 Å². The Hall–Kier alpha value is -3.37. The standard InChI is InChI=1S/C26H23F3N2O3S2/c1-3-13-31(36(33,34)22-10-7-17(2)8-11-22)21-9-12-23-18(14-21)15-24(35-23)25(32)30-20-6-4-5-19(16-20)26(27,28)29/h4-12,14-16H,3,13H2,1-2H3,(H,30,32). The van der Waals surface area contributed by atoms with Crippen LogP contribution in [0, 0.1) is 6.92 Å². The fourth-order valence-corrected chi connectivity index (χ4v) is 6.18. The van der Waals surface area contributed by atoms with Crippen molar-refractivity contribution >= 4 is 48.7 Å². The van der Waals surface area contributed by atoms with Crippen molar-refractivity contribution in [2.45, 2.75) is 31.3 Å². The van der Waals surface area contributed by atoms with Crippen molar-refractivity contribution in [2.75, 3.05) is 16.2 Å². The van der Waals surface area contributed by atoms with Crippen LogP contribution in [0.4, 0.5) is 24.5 Å². The van der Waals surface area contributed by atoms with Gasteiger partial charge in [0.05, 0.1) is 21.0 Å². The lowest BCUT2D eigenvalue weighted by molar-refractivity contribution is -0.137. The molecule has 188 valence electrons. The van der Waals surface area contributed by atoms with Crippen molar-refractivity contribution in [3.05, 3.63) is 88.8 Å². The molecule has 0 bridgehead atoms. The molecule has 3 aromatic carbocycles. The Morgan fingerprint density at radius 2 is 1.72 bits per heavy atom. The quantitative estimate of drug-likeness (QED) is 0.276. The van der Waals surface area contributed by atoms with Crippen LogP contribution in [0.2, 0.25) is 0 Å². The number of nitrogens with zero attached hydrogens (tertiary/aromatic N) is 1. The molecule has 36 heavy (non-hydrogen) atoms. The SMILES string of the molecule is CCCN(c1ccc2sc(C(=O)Nc3cccc(C(F)(F)F)c3)cc2c1)S(=O)(=O)c1ccc(C)cc1. The predicted molar refractivity (Wildman–Crippen MR) is 137 cm³/mol. The van der Waals surface area contributed by atoms with E-state index in [0.717, 1.165) is 22.4 Å². The van der Waals surface area contributed by atoms with E-state index < -0.39 is 27.7 Å². The van der Waals surface area contributed by atoms with Gasteiger partial charge in [-0.3, -0.25) is 9.10 Å². The molecular formula is C26H23F3N2O3S2. The Labute approximate surface area is 211 Å². The molecule has 5 nitrogen and oxygen atoms in total. The molecule has 0 unspecified atom stereocenters. The number of rotatable bonds is 7. The van der Waals surface area contributed by atoms with E-state index >= 15 is 0 Å². The molecule has 1 amide bonds. The molecule has 0 radical (unpaired) electrons. The van der Waals surface area contributed by atoms with Crippen LogP contribution in [-0.2, 0) is 16.2 Å². The largest absolute Gasteiger partial charge is 0.416 e. The Kier molecular flexibility index (Phi) is 7.10. The summed E-state index contributed by atoms with van der Waals surface area (Å²) in [6.07, 6.45) is -3.92. The summed E-state index contributed by atoms with van der Waals surface area (Å²) < 4.78 is 67.8. The maximum absolute atomic E-state index is 13.4. The molecule has 1 heterocycles. The number of nitrogens with one attached hydrogen (secondary N) is 1. The number of sulfonamides is 1. The zero-order chi connectivity index (χ0) is 26.1. The van der Waals surface area contributed by atoms with E-state index in [1.165, 1.54) is 27.8 Å². The summed E-state index contributed by atoms with van der Waals surface area (Å²) in [5, 5.41) is 3.16. The van der Waals surface area contributed by atoms with Crippen LogP contribution in [0.25, 0.3) is 10.1 Å². The maximum Gasteiger partial charge on any atom is 0.416 e. The first-order valence-electron chi connectivity index (χ1n) is 11.1. The number of amides is 1. The Balaban J connectivity index is 1.63. The molecule has 10 heteroatoms. The van der Waals surface area contributed by atoms with Gasteiger partial charge in [-0.2, -0.15) is 13.2 Å². The van der Waals surface area contributed by atoms with E-state index in [9.17, 15) is 26.4 Å². The summed E-state index contributed by atoms with van der Waals surface area (Å²) in [5.74, 6) is -0.547. The second kappa shape index (κ2) is 9.94. The summed E-state index contributed by atoms with van der Waals surface area (Å²) in [7, 11) is -3.80. The number of benzene rings is 3. The highest BCUT2D eigenvalue weighted by Gasteiger charge is 2.30. The van der Waals surface area contributed by atoms with Crippen LogP contribution >= 0.6 is 11.3 Å². The van der Waals surface area contributed by atoms with Crippen LogP contribution in [0.5, 0.6) is 0 Å². The van der Waals surface area contributed by atoms with E-state index in [1.54, 1.807) is 48.5 Å². The first kappa shape index (κ1) is 25.7. The Bertz CT molecular complexity index is 1510. The van der Waals surface area contributed by atoms with E-state index in [0.29, 0.717) is 22.4 Å². The monoisotopic (exact) mass is 532 g/mol. The molecule has 0 aliphatic rings. The van der Waals surface area contributed by atoms with Gasteiger partial charge in [0.25, 0.3) is 15.9 Å². The summed E-state index contributed by atoms with van der Waals surface area (Å²) in [6.45, 7) is 4.04. The summed E-state index contributed by atoms with van der Waals surface area (Å²) in [6, 6.07) is 17.8. The fraction of sp³-hybridized carbons (Fsp3) is 0.192. The van der Waals surface area contributed by atoms with Gasteiger partial charge in [0.1, 0.15) is 0 Å². The van der Waals surface area contributed by atoms with Crippen molar-refractivity contribution in [1.82, 2.24) is 0 Å². The van der Waals surface area contributed by atoms with Crippen LogP contribution in [0.15, 0.2) is 77.7 Å². The number of anilines is 2. The van der Waals surface area contributed by atoms with Crippen molar-refractivity contribution in [2.24, 2.45) is 0 Å². The molecule has 1 N–H and O–H groups in total.